The van der Waals surface area contributed by atoms with Gasteiger partial charge in [-0.1, -0.05) is 41.6 Å². The molecule has 30 heavy (non-hydrogen) atoms. The summed E-state index contributed by atoms with van der Waals surface area (Å²) in [5.74, 6) is 1.13. The zero-order chi connectivity index (χ0) is 20.8. The van der Waals surface area contributed by atoms with E-state index in [1.54, 1.807) is 29.2 Å². The van der Waals surface area contributed by atoms with E-state index in [1.165, 1.54) is 0 Å². The normalized spacial score (nSPS) is 15.8. The fourth-order valence-electron chi connectivity index (χ4n) is 3.51. The standard InChI is InChI=1S/C23H22N4O3/c24-14-18-7-4-8-19(13-18)23(28)27-11-9-20(15-27)22-25-21(26-30-22)10-12-29-16-17-5-2-1-3-6-17/h1-8,13,20H,9-12,15-16H2. The Morgan fingerprint density at radius 3 is 2.93 bits per heavy atom. The predicted molar refractivity (Wildman–Crippen MR) is 109 cm³/mol. The van der Waals surface area contributed by atoms with E-state index in [-0.39, 0.29) is 11.8 Å². The van der Waals surface area contributed by atoms with E-state index in [0.29, 0.717) is 55.6 Å². The highest BCUT2D eigenvalue weighted by atomic mass is 16.5. The average molecular weight is 402 g/mol. The number of likely N-dealkylation sites (tertiary alicyclic amines) is 1. The van der Waals surface area contributed by atoms with Gasteiger partial charge in [0.15, 0.2) is 5.82 Å². The zero-order valence-electron chi connectivity index (χ0n) is 16.5. The summed E-state index contributed by atoms with van der Waals surface area (Å²) in [5.41, 5.74) is 2.13. The molecule has 1 aliphatic rings. The number of ether oxygens (including phenoxy) is 1. The Hall–Kier alpha value is -3.50. The molecule has 1 saturated heterocycles. The third kappa shape index (κ3) is 4.73. The molecule has 3 aromatic rings. The van der Waals surface area contributed by atoms with Gasteiger partial charge in [0.05, 0.1) is 30.8 Å². The molecule has 0 N–H and O–H groups in total. The molecule has 4 rings (SSSR count). The van der Waals surface area contributed by atoms with Crippen molar-refractivity contribution in [1.29, 1.82) is 5.26 Å². The quantitative estimate of drug-likeness (QED) is 0.563. The molecule has 7 heteroatoms. The molecule has 1 aliphatic heterocycles. The monoisotopic (exact) mass is 402 g/mol. The topological polar surface area (TPSA) is 92.2 Å². The number of hydrogen-bond acceptors (Lipinski definition) is 6. The lowest BCUT2D eigenvalue weighted by atomic mass is 10.1. The Balaban J connectivity index is 1.28. The first kappa shape index (κ1) is 19.8. The Morgan fingerprint density at radius 2 is 2.10 bits per heavy atom. The van der Waals surface area contributed by atoms with Crippen molar-refractivity contribution >= 4 is 5.91 Å². The van der Waals surface area contributed by atoms with Gasteiger partial charge in [-0.2, -0.15) is 10.2 Å². The second-order valence-corrected chi connectivity index (χ2v) is 7.27. The summed E-state index contributed by atoms with van der Waals surface area (Å²) in [6, 6.07) is 18.8. The highest BCUT2D eigenvalue weighted by molar-refractivity contribution is 5.94. The number of hydrogen-bond donors (Lipinski definition) is 0. The van der Waals surface area contributed by atoms with Gasteiger partial charge in [-0.15, -0.1) is 0 Å². The Bertz CT molecular complexity index is 1040. The molecule has 0 radical (unpaired) electrons. The van der Waals surface area contributed by atoms with Crippen LogP contribution in [0.2, 0.25) is 0 Å². The number of amides is 1. The third-order valence-corrected chi connectivity index (χ3v) is 5.13. The number of nitriles is 1. The van der Waals surface area contributed by atoms with Gasteiger partial charge in [0, 0.05) is 25.1 Å². The molecule has 1 unspecified atom stereocenters. The molecule has 152 valence electrons. The number of carbonyl (C=O) groups is 1. The first-order valence-electron chi connectivity index (χ1n) is 9.96. The van der Waals surface area contributed by atoms with E-state index in [1.807, 2.05) is 30.3 Å². The first-order chi connectivity index (χ1) is 14.7. The van der Waals surface area contributed by atoms with Crippen molar-refractivity contribution in [2.45, 2.75) is 25.4 Å². The highest BCUT2D eigenvalue weighted by Crippen LogP contribution is 2.27. The summed E-state index contributed by atoms with van der Waals surface area (Å²) in [4.78, 5) is 19.0. The molecule has 1 aromatic heterocycles. The summed E-state index contributed by atoms with van der Waals surface area (Å²) in [6.45, 7) is 2.22. The van der Waals surface area contributed by atoms with Gasteiger partial charge in [0.2, 0.25) is 5.89 Å². The van der Waals surface area contributed by atoms with E-state index in [9.17, 15) is 4.79 Å². The van der Waals surface area contributed by atoms with Gasteiger partial charge in [-0.3, -0.25) is 4.79 Å². The lowest BCUT2D eigenvalue weighted by Gasteiger charge is -2.15. The van der Waals surface area contributed by atoms with Crippen molar-refractivity contribution in [1.82, 2.24) is 15.0 Å². The van der Waals surface area contributed by atoms with Crippen LogP contribution in [0.1, 0.15) is 45.5 Å². The van der Waals surface area contributed by atoms with E-state index >= 15 is 0 Å². The van der Waals surface area contributed by atoms with Crippen molar-refractivity contribution in [2.75, 3.05) is 19.7 Å². The van der Waals surface area contributed by atoms with Crippen molar-refractivity contribution in [3.63, 3.8) is 0 Å². The van der Waals surface area contributed by atoms with Crippen molar-refractivity contribution in [3.05, 3.63) is 83.0 Å². The van der Waals surface area contributed by atoms with Gasteiger partial charge < -0.3 is 14.2 Å². The van der Waals surface area contributed by atoms with E-state index < -0.39 is 0 Å². The smallest absolute Gasteiger partial charge is 0.253 e. The van der Waals surface area contributed by atoms with Crippen LogP contribution in [0.5, 0.6) is 0 Å². The molecule has 0 aliphatic carbocycles. The highest BCUT2D eigenvalue weighted by Gasteiger charge is 2.31. The number of rotatable bonds is 7. The maximum atomic E-state index is 12.7. The largest absolute Gasteiger partial charge is 0.376 e. The van der Waals surface area contributed by atoms with Crippen LogP contribution in [-0.4, -0.2) is 40.6 Å². The van der Waals surface area contributed by atoms with Gasteiger partial charge in [0.25, 0.3) is 5.91 Å². The third-order valence-electron chi connectivity index (χ3n) is 5.13. The Morgan fingerprint density at radius 1 is 1.23 bits per heavy atom. The lowest BCUT2D eigenvalue weighted by molar-refractivity contribution is 0.0789. The summed E-state index contributed by atoms with van der Waals surface area (Å²) >= 11 is 0. The zero-order valence-corrected chi connectivity index (χ0v) is 16.5. The molecule has 0 bridgehead atoms. The summed E-state index contributed by atoms with van der Waals surface area (Å²) in [5, 5.41) is 13.1. The second-order valence-electron chi connectivity index (χ2n) is 7.27. The fourth-order valence-corrected chi connectivity index (χ4v) is 3.51. The molecule has 0 spiro atoms. The van der Waals surface area contributed by atoms with Crippen LogP contribution in [0.4, 0.5) is 0 Å². The predicted octanol–water partition coefficient (Wildman–Crippen LogP) is 3.33. The van der Waals surface area contributed by atoms with Crippen molar-refractivity contribution in [3.8, 4) is 6.07 Å². The SMILES string of the molecule is N#Cc1cccc(C(=O)N2CCC(c3nc(CCOCc4ccccc4)no3)C2)c1. The fraction of sp³-hybridized carbons (Fsp3) is 0.304. The van der Waals surface area contributed by atoms with Crippen molar-refractivity contribution < 1.29 is 14.1 Å². The van der Waals surface area contributed by atoms with Crippen LogP contribution in [0.25, 0.3) is 0 Å². The van der Waals surface area contributed by atoms with Crippen LogP contribution < -0.4 is 0 Å². The molecular weight excluding hydrogens is 380 g/mol. The van der Waals surface area contributed by atoms with Crippen LogP contribution in [-0.2, 0) is 17.8 Å². The second kappa shape index (κ2) is 9.33. The number of carbonyl (C=O) groups excluding carboxylic acids is 1. The van der Waals surface area contributed by atoms with Crippen LogP contribution in [0.15, 0.2) is 59.1 Å². The number of benzene rings is 2. The van der Waals surface area contributed by atoms with Gasteiger partial charge >= 0.3 is 0 Å². The molecule has 1 fully saturated rings. The lowest BCUT2D eigenvalue weighted by Crippen LogP contribution is -2.28. The summed E-state index contributed by atoms with van der Waals surface area (Å²) in [7, 11) is 0. The van der Waals surface area contributed by atoms with Crippen LogP contribution in [0, 0.1) is 11.3 Å². The number of nitrogens with zero attached hydrogens (tertiary/aromatic N) is 4. The molecule has 7 nitrogen and oxygen atoms in total. The molecule has 2 heterocycles. The minimum Gasteiger partial charge on any atom is -0.376 e. The minimum atomic E-state index is -0.0800. The minimum absolute atomic E-state index is 0.0274. The summed E-state index contributed by atoms with van der Waals surface area (Å²) in [6.07, 6.45) is 1.35. The van der Waals surface area contributed by atoms with Crippen LogP contribution in [0.3, 0.4) is 0 Å². The maximum Gasteiger partial charge on any atom is 0.253 e. The van der Waals surface area contributed by atoms with E-state index in [0.717, 1.165) is 12.0 Å². The van der Waals surface area contributed by atoms with E-state index in [2.05, 4.69) is 16.2 Å². The van der Waals surface area contributed by atoms with Crippen molar-refractivity contribution in [2.24, 2.45) is 0 Å². The molecule has 1 atom stereocenters. The van der Waals surface area contributed by atoms with Gasteiger partial charge in [-0.25, -0.2) is 0 Å². The molecule has 1 amide bonds. The molecule has 2 aromatic carbocycles. The first-order valence-corrected chi connectivity index (χ1v) is 9.96. The van der Waals surface area contributed by atoms with Gasteiger partial charge in [0.1, 0.15) is 0 Å². The molecular formula is C23H22N4O3. The Kier molecular flexibility index (Phi) is 6.16. The molecule has 0 saturated carbocycles. The van der Waals surface area contributed by atoms with Crippen LogP contribution >= 0.6 is 0 Å². The average Bonchev–Trinajstić information content (AvgIpc) is 3.47. The maximum absolute atomic E-state index is 12.7. The number of aromatic nitrogens is 2. The van der Waals surface area contributed by atoms with E-state index in [4.69, 9.17) is 14.5 Å². The van der Waals surface area contributed by atoms with Gasteiger partial charge in [-0.05, 0) is 30.2 Å². The Labute approximate surface area is 174 Å². The summed E-state index contributed by atoms with van der Waals surface area (Å²) < 4.78 is 11.1.